The van der Waals surface area contributed by atoms with Gasteiger partial charge in [-0.3, -0.25) is 19.3 Å². The second-order valence-corrected chi connectivity index (χ2v) is 10.4. The van der Waals surface area contributed by atoms with Crippen molar-refractivity contribution >= 4 is 34.7 Å². The quantitative estimate of drug-likeness (QED) is 0.526. The minimum absolute atomic E-state index is 0.00199. The summed E-state index contributed by atoms with van der Waals surface area (Å²) in [6, 6.07) is 5.77. The van der Waals surface area contributed by atoms with E-state index in [-0.39, 0.29) is 28.5 Å². The third-order valence-electron chi connectivity index (χ3n) is 6.34. The monoisotopic (exact) mass is 500 g/mol. The summed E-state index contributed by atoms with van der Waals surface area (Å²) in [4.78, 5) is 38.1. The number of thioether (sulfide) groups is 1. The number of rotatable bonds is 10. The van der Waals surface area contributed by atoms with E-state index < -0.39 is 17.8 Å². The van der Waals surface area contributed by atoms with Gasteiger partial charge in [-0.1, -0.05) is 35.2 Å². The molecular formula is C25H29FN4O4S. The Hall–Kier alpha value is -2.85. The first kappa shape index (κ1) is 25.2. The molecule has 1 aromatic heterocycles. The Balaban J connectivity index is 1.63. The summed E-state index contributed by atoms with van der Waals surface area (Å²) in [6.07, 6.45) is 6.28. The van der Waals surface area contributed by atoms with Gasteiger partial charge in [0.1, 0.15) is 5.82 Å². The van der Waals surface area contributed by atoms with Gasteiger partial charge in [-0.25, -0.2) is 9.07 Å². The minimum atomic E-state index is -0.870. The molecule has 1 aliphatic heterocycles. The molecule has 186 valence electrons. The average molecular weight is 501 g/mol. The number of aromatic nitrogens is 3. The SMILES string of the molecule is CC(=O)SC1CCN(C(C(=O)C2CC2)c2ccccc2F)C/C1=C\c1cnnn1CCCC(=O)O. The number of Topliss-reactive ketones (excluding diaryl/α,β-unsaturated/α-hetero) is 1. The Morgan fingerprint density at radius 3 is 2.71 bits per heavy atom. The molecule has 0 radical (unpaired) electrons. The molecule has 0 spiro atoms. The van der Waals surface area contributed by atoms with E-state index in [0.29, 0.717) is 43.7 Å². The number of carboxylic acid groups (broad SMARTS) is 1. The zero-order valence-electron chi connectivity index (χ0n) is 19.6. The zero-order valence-corrected chi connectivity index (χ0v) is 20.4. The maximum absolute atomic E-state index is 14.8. The summed E-state index contributed by atoms with van der Waals surface area (Å²) in [5.41, 5.74) is 2.03. The van der Waals surface area contributed by atoms with Crippen LogP contribution in [0.1, 0.15) is 56.3 Å². The van der Waals surface area contributed by atoms with Crippen LogP contribution in [0, 0.1) is 11.7 Å². The van der Waals surface area contributed by atoms with Crippen LogP contribution in [-0.4, -0.2) is 60.2 Å². The van der Waals surface area contributed by atoms with Gasteiger partial charge in [0.25, 0.3) is 0 Å². The van der Waals surface area contributed by atoms with Crippen molar-refractivity contribution in [2.75, 3.05) is 13.1 Å². The van der Waals surface area contributed by atoms with Gasteiger partial charge in [0.15, 0.2) is 10.9 Å². The fourth-order valence-electron chi connectivity index (χ4n) is 4.52. The Kier molecular flexibility index (Phi) is 8.12. The van der Waals surface area contributed by atoms with Crippen molar-refractivity contribution in [1.29, 1.82) is 0 Å². The molecule has 0 amide bonds. The van der Waals surface area contributed by atoms with Crippen molar-refractivity contribution < 1.29 is 23.9 Å². The molecule has 1 saturated carbocycles. The molecular weight excluding hydrogens is 471 g/mol. The molecule has 35 heavy (non-hydrogen) atoms. The van der Waals surface area contributed by atoms with Crippen LogP contribution in [0.2, 0.25) is 0 Å². The molecule has 1 N–H and O–H groups in total. The van der Waals surface area contributed by atoms with Gasteiger partial charge < -0.3 is 5.11 Å². The van der Waals surface area contributed by atoms with Crippen LogP contribution in [0.25, 0.3) is 6.08 Å². The van der Waals surface area contributed by atoms with E-state index in [1.165, 1.54) is 24.8 Å². The molecule has 2 atom stereocenters. The van der Waals surface area contributed by atoms with Gasteiger partial charge in [-0.15, -0.1) is 5.10 Å². The lowest BCUT2D eigenvalue weighted by atomic mass is 9.93. The van der Waals surface area contributed by atoms with Gasteiger partial charge in [0, 0.05) is 49.7 Å². The fourth-order valence-corrected chi connectivity index (χ4v) is 5.43. The number of aryl methyl sites for hydroxylation is 1. The van der Waals surface area contributed by atoms with Gasteiger partial charge in [-0.2, -0.15) is 0 Å². The summed E-state index contributed by atoms with van der Waals surface area (Å²) >= 11 is 1.25. The van der Waals surface area contributed by atoms with Crippen LogP contribution in [0.15, 0.2) is 36.0 Å². The van der Waals surface area contributed by atoms with Crippen LogP contribution >= 0.6 is 11.8 Å². The van der Waals surface area contributed by atoms with E-state index in [2.05, 4.69) is 10.3 Å². The third kappa shape index (κ3) is 6.43. The number of hydrogen-bond donors (Lipinski definition) is 1. The number of nitrogens with zero attached hydrogens (tertiary/aromatic N) is 4. The highest BCUT2D eigenvalue weighted by Gasteiger charge is 2.41. The summed E-state index contributed by atoms with van der Waals surface area (Å²) in [7, 11) is 0. The molecule has 2 fully saturated rings. The van der Waals surface area contributed by atoms with E-state index >= 15 is 0 Å². The highest BCUT2D eigenvalue weighted by atomic mass is 32.2. The van der Waals surface area contributed by atoms with E-state index in [9.17, 15) is 18.8 Å². The summed E-state index contributed by atoms with van der Waals surface area (Å²) in [5, 5.41) is 16.9. The minimum Gasteiger partial charge on any atom is -0.481 e. The van der Waals surface area contributed by atoms with Gasteiger partial charge in [0.05, 0.1) is 17.9 Å². The van der Waals surface area contributed by atoms with Crippen molar-refractivity contribution in [3.05, 3.63) is 53.1 Å². The first-order valence-corrected chi connectivity index (χ1v) is 12.7. The first-order valence-electron chi connectivity index (χ1n) is 11.8. The normalized spacial score (nSPS) is 20.6. The van der Waals surface area contributed by atoms with Crippen LogP contribution in [0.4, 0.5) is 4.39 Å². The summed E-state index contributed by atoms with van der Waals surface area (Å²) < 4.78 is 16.5. The van der Waals surface area contributed by atoms with Crippen molar-refractivity contribution in [1.82, 2.24) is 19.9 Å². The number of piperidine rings is 1. The Morgan fingerprint density at radius 2 is 2.03 bits per heavy atom. The number of carbonyl (C=O) groups is 3. The maximum Gasteiger partial charge on any atom is 0.303 e. The standard InChI is InChI=1S/C25H29FN4O4S/c1-16(31)35-22-10-12-29(24(25(34)17-8-9-17)20-5-2-3-6-21(20)26)15-18(22)13-19-14-27-28-30(19)11-4-7-23(32)33/h2-3,5-6,13-14,17,22,24H,4,7-12,15H2,1H3,(H,32,33)/b18-13+. The van der Waals surface area contributed by atoms with E-state index in [4.69, 9.17) is 5.11 Å². The Labute approximate surface area is 207 Å². The number of ketones is 1. The van der Waals surface area contributed by atoms with Crippen molar-refractivity contribution in [3.8, 4) is 0 Å². The lowest BCUT2D eigenvalue weighted by molar-refractivity contribution is -0.137. The number of carboxylic acids is 1. The van der Waals surface area contributed by atoms with Crippen molar-refractivity contribution in [2.45, 2.75) is 56.9 Å². The number of benzene rings is 1. The van der Waals surface area contributed by atoms with E-state index in [1.807, 2.05) is 11.0 Å². The summed E-state index contributed by atoms with van der Waals surface area (Å²) in [6.45, 7) is 2.90. The number of aliphatic carboxylic acids is 1. The van der Waals surface area contributed by atoms with Crippen LogP contribution in [0.5, 0.6) is 0 Å². The zero-order chi connectivity index (χ0) is 24.9. The van der Waals surface area contributed by atoms with Gasteiger partial charge in [0.2, 0.25) is 0 Å². The lowest BCUT2D eigenvalue weighted by Gasteiger charge is -2.38. The van der Waals surface area contributed by atoms with Crippen molar-refractivity contribution in [3.63, 3.8) is 0 Å². The Bertz CT molecular complexity index is 1130. The average Bonchev–Trinajstić information content (AvgIpc) is 3.57. The number of carbonyl (C=O) groups excluding carboxylic acids is 2. The number of hydrogen-bond acceptors (Lipinski definition) is 7. The highest BCUT2D eigenvalue weighted by Crippen LogP contribution is 2.40. The van der Waals surface area contributed by atoms with Crippen molar-refractivity contribution in [2.24, 2.45) is 5.92 Å². The summed E-state index contributed by atoms with van der Waals surface area (Å²) in [5.74, 6) is -1.24. The molecule has 1 saturated heterocycles. The topological polar surface area (TPSA) is 105 Å². The Morgan fingerprint density at radius 1 is 1.26 bits per heavy atom. The van der Waals surface area contributed by atoms with E-state index in [0.717, 1.165) is 18.4 Å². The van der Waals surface area contributed by atoms with Crippen LogP contribution < -0.4 is 0 Å². The first-order chi connectivity index (χ1) is 16.8. The number of likely N-dealkylation sites (tertiary alicyclic amines) is 1. The second-order valence-electron chi connectivity index (χ2n) is 9.06. The molecule has 2 aliphatic rings. The smallest absolute Gasteiger partial charge is 0.303 e. The molecule has 1 aromatic carbocycles. The largest absolute Gasteiger partial charge is 0.481 e. The third-order valence-corrected chi connectivity index (χ3v) is 7.50. The van der Waals surface area contributed by atoms with E-state index in [1.54, 1.807) is 29.1 Å². The van der Waals surface area contributed by atoms with Gasteiger partial charge in [-0.05, 0) is 43.4 Å². The molecule has 8 nitrogen and oxygen atoms in total. The molecule has 4 rings (SSSR count). The maximum atomic E-state index is 14.8. The van der Waals surface area contributed by atoms with Gasteiger partial charge >= 0.3 is 5.97 Å². The van der Waals surface area contributed by atoms with Crippen LogP contribution in [0.3, 0.4) is 0 Å². The number of halogens is 1. The lowest BCUT2D eigenvalue weighted by Crippen LogP contribution is -2.43. The molecule has 0 bridgehead atoms. The predicted octanol–water partition coefficient (Wildman–Crippen LogP) is 3.74. The predicted molar refractivity (Wildman–Crippen MR) is 130 cm³/mol. The molecule has 10 heteroatoms. The molecule has 2 aromatic rings. The highest BCUT2D eigenvalue weighted by molar-refractivity contribution is 8.14. The molecule has 2 unspecified atom stereocenters. The second kappa shape index (κ2) is 11.3. The molecule has 1 aliphatic carbocycles. The molecule has 2 heterocycles. The van der Waals surface area contributed by atoms with Crippen LogP contribution in [-0.2, 0) is 20.9 Å². The fraction of sp³-hybridized carbons (Fsp3) is 0.480.